The van der Waals surface area contributed by atoms with Gasteiger partial charge in [-0.25, -0.2) is 4.98 Å². The number of amides is 1. The van der Waals surface area contributed by atoms with Gasteiger partial charge in [0.05, 0.1) is 5.25 Å². The highest BCUT2D eigenvalue weighted by atomic mass is 32.2. The van der Waals surface area contributed by atoms with Crippen molar-refractivity contribution in [3.8, 4) is 0 Å². The predicted molar refractivity (Wildman–Crippen MR) is 66.7 cm³/mol. The summed E-state index contributed by atoms with van der Waals surface area (Å²) < 4.78 is 0. The lowest BCUT2D eigenvalue weighted by Gasteiger charge is -2.31. The second-order valence-corrected chi connectivity index (χ2v) is 5.89. The summed E-state index contributed by atoms with van der Waals surface area (Å²) in [5, 5.41) is 7.14. The molecule has 1 N–H and O–H groups in total. The Labute approximate surface area is 105 Å². The van der Waals surface area contributed by atoms with Gasteiger partial charge in [-0.1, -0.05) is 18.7 Å². The lowest BCUT2D eigenvalue weighted by molar-refractivity contribution is -0.131. The van der Waals surface area contributed by atoms with Crippen molar-refractivity contribution in [2.75, 3.05) is 13.1 Å². The maximum atomic E-state index is 12.2. The van der Waals surface area contributed by atoms with Gasteiger partial charge in [0, 0.05) is 13.1 Å². The monoisotopic (exact) mass is 254 g/mol. The van der Waals surface area contributed by atoms with Gasteiger partial charge in [0.2, 0.25) is 5.91 Å². The van der Waals surface area contributed by atoms with Crippen molar-refractivity contribution < 1.29 is 4.79 Å². The van der Waals surface area contributed by atoms with Gasteiger partial charge in [0.15, 0.2) is 5.16 Å². The summed E-state index contributed by atoms with van der Waals surface area (Å²) >= 11 is 1.43. The van der Waals surface area contributed by atoms with Crippen LogP contribution < -0.4 is 0 Å². The second-order valence-electron chi connectivity index (χ2n) is 4.56. The highest BCUT2D eigenvalue weighted by molar-refractivity contribution is 8.00. The average Bonchev–Trinajstić information content (AvgIpc) is 2.82. The molecule has 2 heterocycles. The second kappa shape index (κ2) is 5.53. The van der Waals surface area contributed by atoms with Crippen LogP contribution in [0.5, 0.6) is 0 Å². The topological polar surface area (TPSA) is 61.9 Å². The zero-order chi connectivity index (χ0) is 12.3. The molecule has 17 heavy (non-hydrogen) atoms. The molecule has 1 amide bonds. The van der Waals surface area contributed by atoms with E-state index in [0.717, 1.165) is 31.8 Å². The van der Waals surface area contributed by atoms with Gasteiger partial charge in [0.25, 0.3) is 0 Å². The Kier molecular flexibility index (Phi) is 4.04. The Hall–Kier alpha value is -1.04. The quantitative estimate of drug-likeness (QED) is 0.831. The first-order valence-electron chi connectivity index (χ1n) is 5.97. The normalized spacial score (nSPS) is 19.3. The molecular formula is C11H18N4OS. The van der Waals surface area contributed by atoms with E-state index in [4.69, 9.17) is 0 Å². The summed E-state index contributed by atoms with van der Waals surface area (Å²) in [7, 11) is 0. The summed E-state index contributed by atoms with van der Waals surface area (Å²) in [6.45, 7) is 5.95. The number of thioether (sulfide) groups is 1. The molecule has 1 saturated heterocycles. The van der Waals surface area contributed by atoms with Crippen molar-refractivity contribution in [2.45, 2.75) is 37.1 Å². The molecule has 0 bridgehead atoms. The van der Waals surface area contributed by atoms with Crippen LogP contribution in [0.4, 0.5) is 0 Å². The van der Waals surface area contributed by atoms with Crippen LogP contribution in [-0.2, 0) is 4.79 Å². The molecule has 1 atom stereocenters. The maximum Gasteiger partial charge on any atom is 0.235 e. The number of carbonyl (C=O) groups excluding carboxylic acids is 1. The average molecular weight is 254 g/mol. The van der Waals surface area contributed by atoms with Crippen LogP contribution in [0.25, 0.3) is 0 Å². The van der Waals surface area contributed by atoms with E-state index in [-0.39, 0.29) is 11.2 Å². The molecule has 1 aromatic heterocycles. The van der Waals surface area contributed by atoms with Crippen LogP contribution >= 0.6 is 11.8 Å². The number of rotatable bonds is 3. The highest BCUT2D eigenvalue weighted by Crippen LogP contribution is 2.23. The van der Waals surface area contributed by atoms with Gasteiger partial charge in [0.1, 0.15) is 6.33 Å². The predicted octanol–water partition coefficient (Wildman–Crippen LogP) is 1.54. The third kappa shape index (κ3) is 3.21. The first kappa shape index (κ1) is 12.4. The van der Waals surface area contributed by atoms with Crippen LogP contribution in [0, 0.1) is 5.92 Å². The van der Waals surface area contributed by atoms with E-state index in [9.17, 15) is 4.79 Å². The Morgan fingerprint density at radius 1 is 1.59 bits per heavy atom. The largest absolute Gasteiger partial charge is 0.342 e. The Balaban J connectivity index is 1.86. The number of carbonyl (C=O) groups is 1. The first-order chi connectivity index (χ1) is 8.16. The summed E-state index contributed by atoms with van der Waals surface area (Å²) in [5.74, 6) is 0.953. The summed E-state index contributed by atoms with van der Waals surface area (Å²) in [6.07, 6.45) is 3.69. The molecule has 0 saturated carbocycles. The smallest absolute Gasteiger partial charge is 0.235 e. The van der Waals surface area contributed by atoms with Gasteiger partial charge in [-0.05, 0) is 25.7 Å². The van der Waals surface area contributed by atoms with Crippen molar-refractivity contribution in [2.24, 2.45) is 5.92 Å². The standard InChI is InChI=1S/C11H18N4OS/c1-8-3-5-15(6-4-8)10(16)9(2)17-11-12-7-13-14-11/h7-9H,3-6H2,1-2H3,(H,12,13,14). The molecule has 0 aliphatic carbocycles. The van der Waals surface area contributed by atoms with Crippen LogP contribution in [0.3, 0.4) is 0 Å². The minimum atomic E-state index is -0.101. The van der Waals surface area contributed by atoms with E-state index < -0.39 is 0 Å². The van der Waals surface area contributed by atoms with Crippen LogP contribution in [0.15, 0.2) is 11.5 Å². The molecule has 1 aromatic rings. The minimum absolute atomic E-state index is 0.101. The Bertz CT molecular complexity index is 360. The Morgan fingerprint density at radius 2 is 2.29 bits per heavy atom. The summed E-state index contributed by atoms with van der Waals surface area (Å²) in [6, 6.07) is 0. The van der Waals surface area contributed by atoms with E-state index in [1.807, 2.05) is 11.8 Å². The summed E-state index contributed by atoms with van der Waals surface area (Å²) in [5.41, 5.74) is 0. The zero-order valence-electron chi connectivity index (χ0n) is 10.2. The summed E-state index contributed by atoms with van der Waals surface area (Å²) in [4.78, 5) is 18.2. The molecule has 0 aromatic carbocycles. The van der Waals surface area contributed by atoms with E-state index in [2.05, 4.69) is 22.1 Å². The Morgan fingerprint density at radius 3 is 2.88 bits per heavy atom. The fourth-order valence-corrected chi connectivity index (χ4v) is 2.75. The lowest BCUT2D eigenvalue weighted by atomic mass is 9.99. The molecule has 2 rings (SSSR count). The van der Waals surface area contributed by atoms with Crippen LogP contribution in [-0.4, -0.2) is 44.3 Å². The SMILES string of the molecule is CC1CCN(C(=O)C(C)Sc2ncn[nH]2)CC1. The lowest BCUT2D eigenvalue weighted by Crippen LogP contribution is -2.41. The minimum Gasteiger partial charge on any atom is -0.342 e. The molecular weight excluding hydrogens is 236 g/mol. The third-order valence-electron chi connectivity index (χ3n) is 3.12. The molecule has 1 unspecified atom stereocenters. The van der Waals surface area contributed by atoms with E-state index >= 15 is 0 Å². The molecule has 6 heteroatoms. The van der Waals surface area contributed by atoms with Crippen molar-refractivity contribution >= 4 is 17.7 Å². The molecule has 0 spiro atoms. The zero-order valence-corrected chi connectivity index (χ0v) is 11.0. The number of nitrogens with zero attached hydrogens (tertiary/aromatic N) is 3. The third-order valence-corrected chi connectivity index (χ3v) is 4.10. The number of likely N-dealkylation sites (tertiary alicyclic amines) is 1. The highest BCUT2D eigenvalue weighted by Gasteiger charge is 2.25. The number of hydrogen-bond donors (Lipinski definition) is 1. The fourth-order valence-electron chi connectivity index (χ4n) is 1.95. The van der Waals surface area contributed by atoms with E-state index in [1.54, 1.807) is 0 Å². The number of aromatic amines is 1. The molecule has 1 aliphatic heterocycles. The van der Waals surface area contributed by atoms with Crippen LogP contribution in [0.2, 0.25) is 0 Å². The van der Waals surface area contributed by atoms with Gasteiger partial charge in [-0.2, -0.15) is 5.10 Å². The molecule has 1 fully saturated rings. The van der Waals surface area contributed by atoms with Gasteiger partial charge >= 0.3 is 0 Å². The number of piperidine rings is 1. The molecule has 0 radical (unpaired) electrons. The molecule has 94 valence electrons. The van der Waals surface area contributed by atoms with Gasteiger partial charge < -0.3 is 4.90 Å². The van der Waals surface area contributed by atoms with Gasteiger partial charge in [-0.3, -0.25) is 9.89 Å². The number of H-pyrrole nitrogens is 1. The fraction of sp³-hybridized carbons (Fsp3) is 0.727. The van der Waals surface area contributed by atoms with Crippen molar-refractivity contribution in [1.29, 1.82) is 0 Å². The van der Waals surface area contributed by atoms with Crippen molar-refractivity contribution in [3.63, 3.8) is 0 Å². The number of aromatic nitrogens is 3. The van der Waals surface area contributed by atoms with E-state index in [0.29, 0.717) is 5.16 Å². The number of hydrogen-bond acceptors (Lipinski definition) is 4. The first-order valence-corrected chi connectivity index (χ1v) is 6.85. The van der Waals surface area contributed by atoms with E-state index in [1.165, 1.54) is 18.1 Å². The number of nitrogens with one attached hydrogen (secondary N) is 1. The van der Waals surface area contributed by atoms with Crippen LogP contribution in [0.1, 0.15) is 26.7 Å². The van der Waals surface area contributed by atoms with Crippen molar-refractivity contribution in [1.82, 2.24) is 20.1 Å². The molecule has 5 nitrogen and oxygen atoms in total. The maximum absolute atomic E-state index is 12.2. The molecule has 1 aliphatic rings. The van der Waals surface area contributed by atoms with Crippen molar-refractivity contribution in [3.05, 3.63) is 6.33 Å². The van der Waals surface area contributed by atoms with Gasteiger partial charge in [-0.15, -0.1) is 0 Å².